The van der Waals surface area contributed by atoms with E-state index in [-0.39, 0.29) is 0 Å². The minimum atomic E-state index is -0.397. The summed E-state index contributed by atoms with van der Waals surface area (Å²) in [6.07, 6.45) is 2.57. The van der Waals surface area contributed by atoms with Crippen molar-refractivity contribution in [3.05, 3.63) is 23.8 Å². The molecule has 0 amide bonds. The molecular weight excluding hydrogens is 244 g/mol. The molecule has 104 valence electrons. The van der Waals surface area contributed by atoms with E-state index in [2.05, 4.69) is 16.7 Å². The van der Waals surface area contributed by atoms with Crippen LogP contribution in [0.15, 0.2) is 18.2 Å². The van der Waals surface area contributed by atoms with E-state index in [9.17, 15) is 4.79 Å². The fourth-order valence-corrected chi connectivity index (χ4v) is 1.92. The number of likely N-dealkylation sites (N-methyl/N-ethyl adjacent to an activating group) is 1. The number of anilines is 1. The van der Waals surface area contributed by atoms with Gasteiger partial charge in [-0.1, -0.05) is 0 Å². The van der Waals surface area contributed by atoms with Crippen LogP contribution in [0.3, 0.4) is 0 Å². The fraction of sp³-hybridized carbons (Fsp3) is 0.500. The number of esters is 1. The van der Waals surface area contributed by atoms with Crippen LogP contribution in [-0.4, -0.2) is 44.2 Å². The van der Waals surface area contributed by atoms with Crippen molar-refractivity contribution in [2.24, 2.45) is 0 Å². The van der Waals surface area contributed by atoms with Gasteiger partial charge in [-0.2, -0.15) is 0 Å². The minimum Gasteiger partial charge on any atom is -0.490 e. The largest absolute Gasteiger partial charge is 0.490 e. The lowest BCUT2D eigenvalue weighted by molar-refractivity contribution is 0.0601. The molecule has 0 aromatic heterocycles. The topological polar surface area (TPSA) is 64.8 Å². The minimum absolute atomic E-state index is 0.397. The summed E-state index contributed by atoms with van der Waals surface area (Å²) in [5.41, 5.74) is 6.74. The summed E-state index contributed by atoms with van der Waals surface area (Å²) in [5.74, 6) is 0.212. The molecule has 0 unspecified atom stereocenters. The Balaban J connectivity index is 1.87. The van der Waals surface area contributed by atoms with Crippen LogP contribution in [0.2, 0.25) is 0 Å². The SMILES string of the molecule is COC(=O)c1ccc(OCCN(C)C2CC2)c(N)c1. The Bertz CT molecular complexity index is 458. The summed E-state index contributed by atoms with van der Waals surface area (Å²) in [6.45, 7) is 1.47. The summed E-state index contributed by atoms with van der Waals surface area (Å²) < 4.78 is 10.3. The maximum Gasteiger partial charge on any atom is 0.337 e. The van der Waals surface area contributed by atoms with E-state index in [0.717, 1.165) is 12.6 Å². The lowest BCUT2D eigenvalue weighted by Crippen LogP contribution is -2.26. The molecule has 0 saturated heterocycles. The monoisotopic (exact) mass is 264 g/mol. The van der Waals surface area contributed by atoms with Gasteiger partial charge in [0.2, 0.25) is 0 Å². The van der Waals surface area contributed by atoms with Gasteiger partial charge < -0.3 is 20.1 Å². The van der Waals surface area contributed by atoms with E-state index in [1.165, 1.54) is 20.0 Å². The van der Waals surface area contributed by atoms with Crippen LogP contribution in [0.4, 0.5) is 5.69 Å². The Kier molecular flexibility index (Phi) is 4.27. The quantitative estimate of drug-likeness (QED) is 0.623. The van der Waals surface area contributed by atoms with Gasteiger partial charge in [0, 0.05) is 12.6 Å². The standard InChI is InChI=1S/C14H20N2O3/c1-16(11-4-5-11)7-8-19-13-6-3-10(9-12(13)15)14(17)18-2/h3,6,9,11H,4-5,7-8,15H2,1-2H3. The first-order valence-corrected chi connectivity index (χ1v) is 6.42. The molecule has 1 aliphatic rings. The van der Waals surface area contributed by atoms with E-state index in [0.29, 0.717) is 23.6 Å². The van der Waals surface area contributed by atoms with Gasteiger partial charge in [-0.05, 0) is 38.1 Å². The highest BCUT2D eigenvalue weighted by molar-refractivity contribution is 5.90. The number of nitrogens with zero attached hydrogens (tertiary/aromatic N) is 1. The number of benzene rings is 1. The lowest BCUT2D eigenvalue weighted by Gasteiger charge is -2.16. The highest BCUT2D eigenvalue weighted by atomic mass is 16.5. The summed E-state index contributed by atoms with van der Waals surface area (Å²) >= 11 is 0. The van der Waals surface area contributed by atoms with Crippen molar-refractivity contribution in [3.8, 4) is 5.75 Å². The van der Waals surface area contributed by atoms with Crippen molar-refractivity contribution in [1.82, 2.24) is 4.90 Å². The third-order valence-corrected chi connectivity index (χ3v) is 3.30. The van der Waals surface area contributed by atoms with Gasteiger partial charge in [-0.25, -0.2) is 4.79 Å². The molecule has 5 nitrogen and oxygen atoms in total. The van der Waals surface area contributed by atoms with E-state index in [4.69, 9.17) is 10.5 Å². The van der Waals surface area contributed by atoms with Crippen LogP contribution in [0.25, 0.3) is 0 Å². The zero-order chi connectivity index (χ0) is 13.8. The molecule has 1 aliphatic carbocycles. The van der Waals surface area contributed by atoms with Crippen LogP contribution in [0.5, 0.6) is 5.75 Å². The van der Waals surface area contributed by atoms with Crippen LogP contribution in [-0.2, 0) is 4.74 Å². The van der Waals surface area contributed by atoms with Crippen molar-refractivity contribution >= 4 is 11.7 Å². The molecule has 1 aromatic rings. The summed E-state index contributed by atoms with van der Waals surface area (Å²) in [4.78, 5) is 13.6. The highest BCUT2D eigenvalue weighted by Crippen LogP contribution is 2.26. The molecular formula is C14H20N2O3. The van der Waals surface area contributed by atoms with Crippen molar-refractivity contribution < 1.29 is 14.3 Å². The van der Waals surface area contributed by atoms with E-state index < -0.39 is 5.97 Å². The first kappa shape index (κ1) is 13.7. The second kappa shape index (κ2) is 5.93. The number of rotatable bonds is 6. The number of hydrogen-bond acceptors (Lipinski definition) is 5. The molecule has 1 saturated carbocycles. The zero-order valence-electron chi connectivity index (χ0n) is 11.4. The van der Waals surface area contributed by atoms with Crippen LogP contribution < -0.4 is 10.5 Å². The Hall–Kier alpha value is -1.75. The summed E-state index contributed by atoms with van der Waals surface area (Å²) in [6, 6.07) is 5.66. The predicted molar refractivity (Wildman–Crippen MR) is 73.3 cm³/mol. The Morgan fingerprint density at radius 1 is 1.47 bits per heavy atom. The average molecular weight is 264 g/mol. The molecule has 0 radical (unpaired) electrons. The third-order valence-electron chi connectivity index (χ3n) is 3.30. The molecule has 2 rings (SSSR count). The molecule has 0 heterocycles. The maximum atomic E-state index is 11.3. The van der Waals surface area contributed by atoms with E-state index in [1.54, 1.807) is 18.2 Å². The molecule has 0 bridgehead atoms. The van der Waals surface area contributed by atoms with E-state index in [1.807, 2.05) is 0 Å². The Morgan fingerprint density at radius 3 is 2.79 bits per heavy atom. The van der Waals surface area contributed by atoms with Gasteiger partial charge in [-0.15, -0.1) is 0 Å². The lowest BCUT2D eigenvalue weighted by atomic mass is 10.2. The average Bonchev–Trinajstić information content (AvgIpc) is 3.23. The van der Waals surface area contributed by atoms with Gasteiger partial charge in [0.15, 0.2) is 0 Å². The molecule has 0 spiro atoms. The smallest absolute Gasteiger partial charge is 0.337 e. The van der Waals surface area contributed by atoms with Crippen LogP contribution in [0.1, 0.15) is 23.2 Å². The van der Waals surface area contributed by atoms with Gasteiger partial charge in [0.05, 0.1) is 18.4 Å². The molecule has 0 aliphatic heterocycles. The number of hydrogen-bond donors (Lipinski definition) is 1. The Labute approximate surface area is 113 Å². The third kappa shape index (κ3) is 3.61. The van der Waals surface area contributed by atoms with Gasteiger partial charge >= 0.3 is 5.97 Å². The van der Waals surface area contributed by atoms with Crippen LogP contribution >= 0.6 is 0 Å². The molecule has 0 atom stereocenters. The number of ether oxygens (including phenoxy) is 2. The molecule has 1 fully saturated rings. The van der Waals surface area contributed by atoms with Gasteiger partial charge in [0.25, 0.3) is 0 Å². The maximum absolute atomic E-state index is 11.3. The number of carbonyl (C=O) groups excluding carboxylic acids is 1. The second-order valence-electron chi connectivity index (χ2n) is 4.80. The molecule has 19 heavy (non-hydrogen) atoms. The van der Waals surface area contributed by atoms with Crippen molar-refractivity contribution in [3.63, 3.8) is 0 Å². The number of carbonyl (C=O) groups is 1. The van der Waals surface area contributed by atoms with Crippen molar-refractivity contribution in [1.29, 1.82) is 0 Å². The molecule has 2 N–H and O–H groups in total. The fourth-order valence-electron chi connectivity index (χ4n) is 1.92. The summed E-state index contributed by atoms with van der Waals surface area (Å²) in [5, 5.41) is 0. The second-order valence-corrected chi connectivity index (χ2v) is 4.80. The first-order valence-electron chi connectivity index (χ1n) is 6.42. The van der Waals surface area contributed by atoms with E-state index >= 15 is 0 Å². The van der Waals surface area contributed by atoms with Gasteiger partial charge in [0.1, 0.15) is 12.4 Å². The normalized spacial score (nSPS) is 14.5. The highest BCUT2D eigenvalue weighted by Gasteiger charge is 2.25. The number of nitrogens with two attached hydrogens (primary N) is 1. The van der Waals surface area contributed by atoms with Crippen molar-refractivity contribution in [2.45, 2.75) is 18.9 Å². The zero-order valence-corrected chi connectivity index (χ0v) is 11.4. The molecule has 5 heteroatoms. The number of methoxy groups -OCH3 is 1. The van der Waals surface area contributed by atoms with Gasteiger partial charge in [-0.3, -0.25) is 0 Å². The first-order chi connectivity index (χ1) is 9.11. The number of nitrogen functional groups attached to an aromatic ring is 1. The van der Waals surface area contributed by atoms with Crippen LogP contribution in [0, 0.1) is 0 Å². The Morgan fingerprint density at radius 2 is 2.21 bits per heavy atom. The summed E-state index contributed by atoms with van der Waals surface area (Å²) in [7, 11) is 3.45. The predicted octanol–water partition coefficient (Wildman–Crippen LogP) is 1.53. The van der Waals surface area contributed by atoms with Crippen molar-refractivity contribution in [2.75, 3.05) is 33.0 Å². The molecule has 1 aromatic carbocycles.